The first-order valence-corrected chi connectivity index (χ1v) is 7.57. The van der Waals surface area contributed by atoms with Crippen molar-refractivity contribution < 1.29 is 9.84 Å². The van der Waals surface area contributed by atoms with Crippen molar-refractivity contribution in [1.29, 1.82) is 0 Å². The summed E-state index contributed by atoms with van der Waals surface area (Å²) in [6.45, 7) is 3.09. The van der Waals surface area contributed by atoms with Gasteiger partial charge in [0.2, 0.25) is 0 Å². The van der Waals surface area contributed by atoms with Crippen LogP contribution in [0.15, 0.2) is 42.5 Å². The molecule has 2 aromatic carbocycles. The van der Waals surface area contributed by atoms with Gasteiger partial charge in [-0.05, 0) is 12.5 Å². The fourth-order valence-corrected chi connectivity index (χ4v) is 2.75. The van der Waals surface area contributed by atoms with Crippen LogP contribution in [0.3, 0.4) is 0 Å². The largest absolute Gasteiger partial charge is 0.489 e. The van der Waals surface area contributed by atoms with Gasteiger partial charge in [-0.2, -0.15) is 0 Å². The summed E-state index contributed by atoms with van der Waals surface area (Å²) < 4.78 is 7.78. The summed E-state index contributed by atoms with van der Waals surface area (Å²) in [5.41, 5.74) is 2.67. The molecule has 5 heteroatoms. The van der Waals surface area contributed by atoms with E-state index in [0.717, 1.165) is 11.1 Å². The summed E-state index contributed by atoms with van der Waals surface area (Å²) in [6, 6.07) is 13.6. The van der Waals surface area contributed by atoms with Crippen LogP contribution in [0.25, 0.3) is 11.0 Å². The highest BCUT2D eigenvalue weighted by Gasteiger charge is 2.13. The molecular weight excluding hydrogens is 300 g/mol. The Balaban J connectivity index is 1.94. The second-order valence-electron chi connectivity index (χ2n) is 4.98. The van der Waals surface area contributed by atoms with Gasteiger partial charge in [0, 0.05) is 18.7 Å². The number of hydrogen-bond acceptors (Lipinski definition) is 3. The average Bonchev–Trinajstić information content (AvgIpc) is 2.92. The van der Waals surface area contributed by atoms with E-state index in [2.05, 4.69) is 4.98 Å². The van der Waals surface area contributed by atoms with E-state index in [-0.39, 0.29) is 6.61 Å². The van der Waals surface area contributed by atoms with Gasteiger partial charge >= 0.3 is 0 Å². The van der Waals surface area contributed by atoms with E-state index in [1.165, 1.54) is 0 Å². The molecule has 0 amide bonds. The number of aliphatic hydroxyl groups excluding tert-OH is 1. The molecule has 0 saturated carbocycles. The lowest BCUT2D eigenvalue weighted by molar-refractivity contribution is 0.266. The monoisotopic (exact) mass is 316 g/mol. The highest BCUT2D eigenvalue weighted by atomic mass is 35.5. The Bertz CT molecular complexity index is 784. The third kappa shape index (κ3) is 2.80. The third-order valence-electron chi connectivity index (χ3n) is 3.57. The normalized spacial score (nSPS) is 11.0. The minimum absolute atomic E-state index is 0.112. The zero-order valence-corrected chi connectivity index (χ0v) is 13.0. The lowest BCUT2D eigenvalue weighted by Gasteiger charge is -2.09. The highest BCUT2D eigenvalue weighted by molar-refractivity contribution is 6.35. The molecule has 1 aromatic heterocycles. The Morgan fingerprint density at radius 2 is 2.00 bits per heavy atom. The Kier molecular flexibility index (Phi) is 4.32. The van der Waals surface area contributed by atoms with Crippen LogP contribution >= 0.6 is 11.6 Å². The Morgan fingerprint density at radius 3 is 2.68 bits per heavy atom. The summed E-state index contributed by atoms with van der Waals surface area (Å²) in [5, 5.41) is 9.94. The summed E-state index contributed by atoms with van der Waals surface area (Å²) in [5.74, 6) is 1.31. The zero-order chi connectivity index (χ0) is 15.5. The lowest BCUT2D eigenvalue weighted by Crippen LogP contribution is -2.01. The molecule has 0 fully saturated rings. The Morgan fingerprint density at radius 1 is 1.23 bits per heavy atom. The number of ether oxygens (including phenoxy) is 1. The minimum Gasteiger partial charge on any atom is -0.489 e. The molecule has 0 spiro atoms. The molecule has 114 valence electrons. The number of aryl methyl sites for hydroxylation is 1. The maximum atomic E-state index is 9.41. The zero-order valence-electron chi connectivity index (χ0n) is 12.3. The van der Waals surface area contributed by atoms with Crippen molar-refractivity contribution >= 4 is 22.6 Å². The first-order chi connectivity index (χ1) is 10.7. The van der Waals surface area contributed by atoms with E-state index in [9.17, 15) is 5.11 Å². The van der Waals surface area contributed by atoms with Crippen LogP contribution in [0.5, 0.6) is 5.75 Å². The van der Waals surface area contributed by atoms with Gasteiger partial charge in [-0.1, -0.05) is 41.9 Å². The van der Waals surface area contributed by atoms with Gasteiger partial charge in [-0.25, -0.2) is 4.98 Å². The topological polar surface area (TPSA) is 47.3 Å². The number of nitrogens with zero attached hydrogens (tertiary/aromatic N) is 2. The van der Waals surface area contributed by atoms with E-state index in [1.54, 1.807) is 6.07 Å². The molecule has 0 aliphatic heterocycles. The minimum atomic E-state index is -0.112. The fraction of sp³-hybridized carbons (Fsp3) is 0.235. The van der Waals surface area contributed by atoms with E-state index in [1.807, 2.05) is 47.9 Å². The molecular formula is C17H17ClN2O2. The molecule has 3 aromatic rings. The molecule has 0 unspecified atom stereocenters. The van der Waals surface area contributed by atoms with Gasteiger partial charge in [0.1, 0.15) is 30.3 Å². The molecule has 3 rings (SSSR count). The molecule has 4 nitrogen and oxygen atoms in total. The Hall–Kier alpha value is -2.04. The van der Waals surface area contributed by atoms with Crippen LogP contribution in [-0.4, -0.2) is 14.7 Å². The molecule has 1 N–H and O–H groups in total. The van der Waals surface area contributed by atoms with Crippen LogP contribution in [0.2, 0.25) is 5.02 Å². The number of imidazole rings is 1. The smallest absolute Gasteiger partial charge is 0.135 e. The number of rotatable bonds is 5. The first-order valence-electron chi connectivity index (χ1n) is 7.19. The summed E-state index contributed by atoms with van der Waals surface area (Å²) in [6.07, 6.45) is 0. The molecule has 0 atom stereocenters. The number of benzene rings is 2. The van der Waals surface area contributed by atoms with E-state index >= 15 is 0 Å². The number of aromatic nitrogens is 2. The van der Waals surface area contributed by atoms with Gasteiger partial charge in [-0.3, -0.25) is 0 Å². The maximum absolute atomic E-state index is 9.41. The van der Waals surface area contributed by atoms with Crippen molar-refractivity contribution in [2.24, 2.45) is 0 Å². The summed E-state index contributed by atoms with van der Waals surface area (Å²) in [4.78, 5) is 4.39. The van der Waals surface area contributed by atoms with Crippen LogP contribution in [0, 0.1) is 0 Å². The SMILES string of the molecule is CCn1c(CO)nc2c(Cl)cc(OCc3ccccc3)cc21. The number of halogens is 1. The van der Waals surface area contributed by atoms with Gasteiger partial charge in [0.15, 0.2) is 0 Å². The maximum Gasteiger partial charge on any atom is 0.135 e. The van der Waals surface area contributed by atoms with Crippen molar-refractivity contribution in [3.63, 3.8) is 0 Å². The fourth-order valence-electron chi connectivity index (χ4n) is 2.50. The Labute approximate surface area is 133 Å². The molecule has 0 saturated heterocycles. The van der Waals surface area contributed by atoms with Crippen molar-refractivity contribution in [3.8, 4) is 5.75 Å². The molecule has 0 aliphatic carbocycles. The van der Waals surface area contributed by atoms with E-state index in [0.29, 0.717) is 35.3 Å². The van der Waals surface area contributed by atoms with Gasteiger partial charge in [0.25, 0.3) is 0 Å². The third-order valence-corrected chi connectivity index (χ3v) is 3.85. The number of fused-ring (bicyclic) bond motifs is 1. The molecule has 0 bridgehead atoms. The van der Waals surface area contributed by atoms with Crippen LogP contribution < -0.4 is 4.74 Å². The second-order valence-corrected chi connectivity index (χ2v) is 5.38. The van der Waals surface area contributed by atoms with E-state index < -0.39 is 0 Å². The van der Waals surface area contributed by atoms with Crippen LogP contribution in [0.1, 0.15) is 18.3 Å². The standard InChI is InChI=1S/C17H17ClN2O2/c1-2-20-15-9-13(22-11-12-6-4-3-5-7-12)8-14(18)17(15)19-16(20)10-21/h3-9,21H,2,10-11H2,1H3. The number of aliphatic hydroxyl groups is 1. The molecule has 0 radical (unpaired) electrons. The number of hydrogen-bond donors (Lipinski definition) is 1. The van der Waals surface area contributed by atoms with Crippen molar-refractivity contribution in [3.05, 3.63) is 58.9 Å². The quantitative estimate of drug-likeness (QED) is 0.779. The summed E-state index contributed by atoms with van der Waals surface area (Å²) in [7, 11) is 0. The predicted octanol–water partition coefficient (Wildman–Crippen LogP) is 3.78. The molecule has 0 aliphatic rings. The molecule has 22 heavy (non-hydrogen) atoms. The van der Waals surface area contributed by atoms with Gasteiger partial charge in [0.05, 0.1) is 10.5 Å². The predicted molar refractivity (Wildman–Crippen MR) is 87.1 cm³/mol. The van der Waals surface area contributed by atoms with Crippen LogP contribution in [-0.2, 0) is 19.8 Å². The lowest BCUT2D eigenvalue weighted by atomic mass is 10.2. The van der Waals surface area contributed by atoms with Crippen LogP contribution in [0.4, 0.5) is 0 Å². The highest BCUT2D eigenvalue weighted by Crippen LogP contribution is 2.30. The van der Waals surface area contributed by atoms with Crippen molar-refractivity contribution in [1.82, 2.24) is 9.55 Å². The average molecular weight is 317 g/mol. The van der Waals surface area contributed by atoms with Gasteiger partial charge in [-0.15, -0.1) is 0 Å². The first kappa shape index (κ1) is 14.9. The second kappa shape index (κ2) is 6.38. The van der Waals surface area contributed by atoms with Crippen molar-refractivity contribution in [2.45, 2.75) is 26.7 Å². The van der Waals surface area contributed by atoms with E-state index in [4.69, 9.17) is 16.3 Å². The van der Waals surface area contributed by atoms with Gasteiger partial charge < -0.3 is 14.4 Å². The summed E-state index contributed by atoms with van der Waals surface area (Å²) >= 11 is 6.31. The molecule has 1 heterocycles. The van der Waals surface area contributed by atoms with Crippen molar-refractivity contribution in [2.75, 3.05) is 0 Å².